The zero-order valence-corrected chi connectivity index (χ0v) is 7.73. The Kier molecular flexibility index (Phi) is 2.08. The van der Waals surface area contributed by atoms with Gasteiger partial charge in [-0.25, -0.2) is 5.10 Å². The number of halogens is 1. The minimum atomic E-state index is -0.512. The number of aromatic nitrogens is 2. The van der Waals surface area contributed by atoms with Crippen LogP contribution in [0.3, 0.4) is 0 Å². The minimum absolute atomic E-state index is 0.202. The Morgan fingerprint density at radius 2 is 2.00 bits per heavy atom. The number of rotatable bonds is 1. The third kappa shape index (κ3) is 1.42. The summed E-state index contributed by atoms with van der Waals surface area (Å²) in [6, 6.07) is 0. The number of hydrogen-bond donors (Lipinski definition) is 1. The second-order valence-corrected chi connectivity index (χ2v) is 3.67. The molecular formula is C8H13FN2O. The Labute approximate surface area is 70.9 Å². The third-order valence-electron chi connectivity index (χ3n) is 1.59. The fourth-order valence-electron chi connectivity index (χ4n) is 1.01. The fourth-order valence-corrected chi connectivity index (χ4v) is 1.01. The van der Waals surface area contributed by atoms with Gasteiger partial charge in [-0.1, -0.05) is 20.8 Å². The number of aromatic amines is 1. The molecule has 0 fully saturated rings. The summed E-state index contributed by atoms with van der Waals surface area (Å²) in [6.45, 7) is 5.85. The van der Waals surface area contributed by atoms with Gasteiger partial charge in [0.25, 0.3) is 5.95 Å². The van der Waals surface area contributed by atoms with Crippen molar-refractivity contribution in [2.75, 3.05) is 7.11 Å². The van der Waals surface area contributed by atoms with Crippen molar-refractivity contribution in [3.05, 3.63) is 11.6 Å². The van der Waals surface area contributed by atoms with Crippen LogP contribution in [0.1, 0.15) is 26.5 Å². The number of ether oxygens (including phenoxy) is 1. The summed E-state index contributed by atoms with van der Waals surface area (Å²) in [5, 5.41) is 6.09. The Morgan fingerprint density at radius 1 is 1.42 bits per heavy atom. The van der Waals surface area contributed by atoms with Gasteiger partial charge in [-0.2, -0.15) is 9.49 Å². The molecule has 0 spiro atoms. The van der Waals surface area contributed by atoms with E-state index in [0.717, 1.165) is 0 Å². The van der Waals surface area contributed by atoms with Crippen molar-refractivity contribution >= 4 is 0 Å². The van der Waals surface area contributed by atoms with Gasteiger partial charge in [0.05, 0.1) is 7.11 Å². The van der Waals surface area contributed by atoms with Crippen molar-refractivity contribution < 1.29 is 9.13 Å². The standard InChI is InChI=1S/C8H13FN2O/c1-8(2,3)6-5(12-4)7(9)11-10-6/h1-4H3,(H,10,11). The van der Waals surface area contributed by atoms with E-state index in [1.807, 2.05) is 20.8 Å². The van der Waals surface area contributed by atoms with Gasteiger partial charge in [0.15, 0.2) is 5.75 Å². The molecule has 68 valence electrons. The molecule has 0 amide bonds. The zero-order valence-electron chi connectivity index (χ0n) is 7.73. The number of nitrogens with one attached hydrogen (secondary N) is 1. The molecule has 1 rings (SSSR count). The molecular weight excluding hydrogens is 159 g/mol. The van der Waals surface area contributed by atoms with E-state index in [-0.39, 0.29) is 11.2 Å². The van der Waals surface area contributed by atoms with Crippen molar-refractivity contribution in [3.8, 4) is 5.75 Å². The molecule has 0 unspecified atom stereocenters. The van der Waals surface area contributed by atoms with E-state index >= 15 is 0 Å². The van der Waals surface area contributed by atoms with Crippen LogP contribution in [0.5, 0.6) is 5.75 Å². The highest BCUT2D eigenvalue weighted by Crippen LogP contribution is 2.30. The predicted molar refractivity (Wildman–Crippen MR) is 43.8 cm³/mol. The van der Waals surface area contributed by atoms with E-state index in [4.69, 9.17) is 4.74 Å². The summed E-state index contributed by atoms with van der Waals surface area (Å²) >= 11 is 0. The predicted octanol–water partition coefficient (Wildman–Crippen LogP) is 1.85. The molecule has 12 heavy (non-hydrogen) atoms. The molecule has 1 aromatic rings. The van der Waals surface area contributed by atoms with Crippen LogP contribution < -0.4 is 4.74 Å². The number of methoxy groups -OCH3 is 1. The molecule has 0 aromatic carbocycles. The lowest BCUT2D eigenvalue weighted by Gasteiger charge is -2.15. The van der Waals surface area contributed by atoms with Gasteiger partial charge in [0.2, 0.25) is 0 Å². The third-order valence-corrected chi connectivity index (χ3v) is 1.59. The summed E-state index contributed by atoms with van der Waals surface area (Å²) in [7, 11) is 1.43. The van der Waals surface area contributed by atoms with E-state index in [1.165, 1.54) is 7.11 Å². The second kappa shape index (κ2) is 2.77. The summed E-state index contributed by atoms with van der Waals surface area (Å²) in [5.74, 6) is -0.301. The lowest BCUT2D eigenvalue weighted by Crippen LogP contribution is -2.13. The van der Waals surface area contributed by atoms with Crippen LogP contribution >= 0.6 is 0 Å². The number of H-pyrrole nitrogens is 1. The molecule has 0 aliphatic rings. The lowest BCUT2D eigenvalue weighted by atomic mass is 9.92. The van der Waals surface area contributed by atoms with Crippen LogP contribution in [0.15, 0.2) is 0 Å². The molecule has 0 saturated carbocycles. The number of nitrogens with zero attached hydrogens (tertiary/aromatic N) is 1. The Bertz CT molecular complexity index is 275. The van der Waals surface area contributed by atoms with E-state index in [0.29, 0.717) is 5.69 Å². The van der Waals surface area contributed by atoms with E-state index in [1.54, 1.807) is 0 Å². The highest BCUT2D eigenvalue weighted by atomic mass is 19.1. The molecule has 0 bridgehead atoms. The van der Waals surface area contributed by atoms with Crippen molar-refractivity contribution in [3.63, 3.8) is 0 Å². The van der Waals surface area contributed by atoms with Crippen LogP contribution in [0.25, 0.3) is 0 Å². The summed E-state index contributed by atoms with van der Waals surface area (Å²) < 4.78 is 17.8. The van der Waals surface area contributed by atoms with E-state index in [9.17, 15) is 4.39 Å². The highest BCUT2D eigenvalue weighted by Gasteiger charge is 2.25. The van der Waals surface area contributed by atoms with Crippen LogP contribution in [0.4, 0.5) is 4.39 Å². The molecule has 0 aliphatic heterocycles. The first-order chi connectivity index (χ1) is 5.46. The average Bonchev–Trinajstić information content (AvgIpc) is 2.29. The van der Waals surface area contributed by atoms with Gasteiger partial charge < -0.3 is 4.74 Å². The summed E-state index contributed by atoms with van der Waals surface area (Å²) in [6.07, 6.45) is 0. The SMILES string of the molecule is COc1c(C(C)(C)C)n[nH]c1F. The molecule has 1 heterocycles. The molecule has 1 aromatic heterocycles. The maximum absolute atomic E-state index is 12.9. The quantitative estimate of drug-likeness (QED) is 0.702. The summed E-state index contributed by atoms with van der Waals surface area (Å²) in [4.78, 5) is 0. The topological polar surface area (TPSA) is 37.9 Å². The van der Waals surface area contributed by atoms with E-state index in [2.05, 4.69) is 10.2 Å². The smallest absolute Gasteiger partial charge is 0.251 e. The molecule has 0 radical (unpaired) electrons. The minimum Gasteiger partial charge on any atom is -0.490 e. The molecule has 0 atom stereocenters. The first-order valence-corrected chi connectivity index (χ1v) is 3.75. The lowest BCUT2D eigenvalue weighted by molar-refractivity contribution is 0.371. The van der Waals surface area contributed by atoms with Crippen LogP contribution in [-0.2, 0) is 5.41 Å². The largest absolute Gasteiger partial charge is 0.490 e. The molecule has 0 aliphatic carbocycles. The maximum atomic E-state index is 12.9. The highest BCUT2D eigenvalue weighted by molar-refractivity contribution is 5.30. The average molecular weight is 172 g/mol. The van der Waals surface area contributed by atoms with Gasteiger partial charge in [0.1, 0.15) is 5.69 Å². The zero-order chi connectivity index (χ0) is 9.35. The van der Waals surface area contributed by atoms with Crippen LogP contribution in [0, 0.1) is 5.95 Å². The first kappa shape index (κ1) is 9.03. The molecule has 4 heteroatoms. The maximum Gasteiger partial charge on any atom is 0.251 e. The summed E-state index contributed by atoms with van der Waals surface area (Å²) in [5.41, 5.74) is 0.411. The van der Waals surface area contributed by atoms with Gasteiger partial charge in [-0.15, -0.1) is 0 Å². The fraction of sp³-hybridized carbons (Fsp3) is 0.625. The second-order valence-electron chi connectivity index (χ2n) is 3.67. The Morgan fingerprint density at radius 3 is 2.33 bits per heavy atom. The van der Waals surface area contributed by atoms with Crippen LogP contribution in [0.2, 0.25) is 0 Å². The first-order valence-electron chi connectivity index (χ1n) is 3.75. The van der Waals surface area contributed by atoms with Crippen LogP contribution in [-0.4, -0.2) is 17.3 Å². The molecule has 1 N–H and O–H groups in total. The van der Waals surface area contributed by atoms with Crippen molar-refractivity contribution in [2.24, 2.45) is 0 Å². The number of hydrogen-bond acceptors (Lipinski definition) is 2. The van der Waals surface area contributed by atoms with Crippen molar-refractivity contribution in [2.45, 2.75) is 26.2 Å². The Hall–Kier alpha value is -1.06. The molecule has 0 saturated heterocycles. The van der Waals surface area contributed by atoms with Crippen molar-refractivity contribution in [1.82, 2.24) is 10.2 Å². The normalized spacial score (nSPS) is 11.8. The Balaban J connectivity index is 3.16. The van der Waals surface area contributed by atoms with E-state index < -0.39 is 5.95 Å². The van der Waals surface area contributed by atoms with Gasteiger partial charge >= 0.3 is 0 Å². The molecule has 3 nitrogen and oxygen atoms in total. The monoisotopic (exact) mass is 172 g/mol. The van der Waals surface area contributed by atoms with Gasteiger partial charge in [-0.05, 0) is 0 Å². The van der Waals surface area contributed by atoms with Gasteiger partial charge in [-0.3, -0.25) is 0 Å². The van der Waals surface area contributed by atoms with Crippen molar-refractivity contribution in [1.29, 1.82) is 0 Å². The van der Waals surface area contributed by atoms with Gasteiger partial charge in [0, 0.05) is 5.41 Å².